The zero-order chi connectivity index (χ0) is 14.1. The van der Waals surface area contributed by atoms with Gasteiger partial charge in [-0.25, -0.2) is 4.98 Å². The minimum atomic E-state index is -0.256. The van der Waals surface area contributed by atoms with Crippen molar-refractivity contribution in [2.24, 2.45) is 5.73 Å². The SMILES string of the molecule is NC(Cc1nc2ccccc2o1)c1cccc(Br)c1Cl. The average molecular weight is 352 g/mol. The van der Waals surface area contributed by atoms with Crippen molar-refractivity contribution in [1.82, 2.24) is 4.98 Å². The van der Waals surface area contributed by atoms with E-state index in [1.807, 2.05) is 42.5 Å². The molecule has 0 amide bonds. The molecule has 0 fully saturated rings. The third kappa shape index (κ3) is 2.59. The van der Waals surface area contributed by atoms with Crippen molar-refractivity contribution < 1.29 is 4.42 Å². The third-order valence-corrected chi connectivity index (χ3v) is 4.42. The van der Waals surface area contributed by atoms with Gasteiger partial charge in [0.25, 0.3) is 0 Å². The van der Waals surface area contributed by atoms with Crippen molar-refractivity contribution in [2.75, 3.05) is 0 Å². The molecule has 0 bridgehead atoms. The lowest BCUT2D eigenvalue weighted by molar-refractivity contribution is 0.502. The van der Waals surface area contributed by atoms with Crippen LogP contribution in [-0.4, -0.2) is 4.98 Å². The smallest absolute Gasteiger partial charge is 0.197 e. The van der Waals surface area contributed by atoms with Crippen LogP contribution in [0.4, 0.5) is 0 Å². The summed E-state index contributed by atoms with van der Waals surface area (Å²) < 4.78 is 6.52. The zero-order valence-corrected chi connectivity index (χ0v) is 12.9. The summed E-state index contributed by atoms with van der Waals surface area (Å²) in [6, 6.07) is 13.1. The van der Waals surface area contributed by atoms with E-state index in [4.69, 9.17) is 21.8 Å². The summed E-state index contributed by atoms with van der Waals surface area (Å²) in [6.07, 6.45) is 0.505. The number of hydrogen-bond acceptors (Lipinski definition) is 3. The maximum atomic E-state index is 6.26. The van der Waals surface area contributed by atoms with Crippen LogP contribution in [0.15, 0.2) is 51.4 Å². The van der Waals surface area contributed by atoms with Crippen LogP contribution < -0.4 is 5.73 Å². The molecule has 1 unspecified atom stereocenters. The number of benzene rings is 2. The largest absolute Gasteiger partial charge is 0.441 e. The Kier molecular flexibility index (Phi) is 3.78. The highest BCUT2D eigenvalue weighted by Gasteiger charge is 2.16. The first-order chi connectivity index (χ1) is 9.65. The Morgan fingerprint density at radius 3 is 2.80 bits per heavy atom. The van der Waals surface area contributed by atoms with Gasteiger partial charge in [-0.15, -0.1) is 0 Å². The number of para-hydroxylation sites is 2. The van der Waals surface area contributed by atoms with Gasteiger partial charge in [0.1, 0.15) is 5.52 Å². The molecule has 0 aliphatic heterocycles. The van der Waals surface area contributed by atoms with E-state index in [1.54, 1.807) is 0 Å². The minimum absolute atomic E-state index is 0.256. The van der Waals surface area contributed by atoms with Crippen LogP contribution in [0.5, 0.6) is 0 Å². The summed E-state index contributed by atoms with van der Waals surface area (Å²) in [5.74, 6) is 0.620. The molecule has 3 aromatic rings. The van der Waals surface area contributed by atoms with E-state index in [0.717, 1.165) is 21.1 Å². The van der Waals surface area contributed by atoms with Gasteiger partial charge in [-0.2, -0.15) is 0 Å². The highest BCUT2D eigenvalue weighted by atomic mass is 79.9. The van der Waals surface area contributed by atoms with Crippen molar-refractivity contribution in [2.45, 2.75) is 12.5 Å². The number of aromatic nitrogens is 1. The summed E-state index contributed by atoms with van der Waals surface area (Å²) in [5, 5.41) is 0.635. The summed E-state index contributed by atoms with van der Waals surface area (Å²) in [7, 11) is 0. The van der Waals surface area contributed by atoms with Crippen LogP contribution in [0.3, 0.4) is 0 Å². The Hall–Kier alpha value is -1.36. The zero-order valence-electron chi connectivity index (χ0n) is 10.5. The number of fused-ring (bicyclic) bond motifs is 1. The molecule has 2 aromatic carbocycles. The van der Waals surface area contributed by atoms with Crippen LogP contribution >= 0.6 is 27.5 Å². The van der Waals surface area contributed by atoms with Gasteiger partial charge in [-0.3, -0.25) is 0 Å². The molecule has 3 nitrogen and oxygen atoms in total. The van der Waals surface area contributed by atoms with Gasteiger partial charge in [-0.05, 0) is 39.7 Å². The van der Waals surface area contributed by atoms with Crippen molar-refractivity contribution in [3.05, 3.63) is 63.4 Å². The van der Waals surface area contributed by atoms with E-state index in [9.17, 15) is 0 Å². The lowest BCUT2D eigenvalue weighted by Gasteiger charge is -2.12. The number of nitrogens with two attached hydrogens (primary N) is 1. The van der Waals surface area contributed by atoms with Gasteiger partial charge in [-0.1, -0.05) is 35.9 Å². The fraction of sp³-hybridized carbons (Fsp3) is 0.133. The first kappa shape index (κ1) is 13.6. The molecule has 102 valence electrons. The standard InChI is InChI=1S/C15H12BrClN2O/c16-10-5-3-4-9(15(10)17)11(18)8-14-19-12-6-1-2-7-13(12)20-14/h1-7,11H,8,18H2. The first-order valence-corrected chi connectivity index (χ1v) is 7.36. The Morgan fingerprint density at radius 1 is 1.20 bits per heavy atom. The molecular weight excluding hydrogens is 340 g/mol. The Morgan fingerprint density at radius 2 is 2.00 bits per heavy atom. The molecule has 0 saturated carbocycles. The molecular formula is C15H12BrClN2O. The summed E-state index contributed by atoms with van der Waals surface area (Å²) in [6.45, 7) is 0. The second-order valence-electron chi connectivity index (χ2n) is 4.53. The summed E-state index contributed by atoms with van der Waals surface area (Å²) in [5.41, 5.74) is 8.71. The number of hydrogen-bond donors (Lipinski definition) is 1. The van der Waals surface area contributed by atoms with Gasteiger partial charge in [0, 0.05) is 16.9 Å². The predicted octanol–water partition coefficient (Wildman–Crippen LogP) is 4.49. The second-order valence-corrected chi connectivity index (χ2v) is 5.76. The molecule has 0 aliphatic rings. The van der Waals surface area contributed by atoms with Crippen LogP contribution in [-0.2, 0) is 6.42 Å². The summed E-state index contributed by atoms with van der Waals surface area (Å²) in [4.78, 5) is 4.43. The van der Waals surface area contributed by atoms with Crippen LogP contribution in [0, 0.1) is 0 Å². The van der Waals surface area contributed by atoms with E-state index < -0.39 is 0 Å². The number of rotatable bonds is 3. The maximum absolute atomic E-state index is 6.26. The fourth-order valence-corrected chi connectivity index (χ4v) is 2.76. The fourth-order valence-electron chi connectivity index (χ4n) is 2.11. The Bertz CT molecular complexity index is 723. The van der Waals surface area contributed by atoms with Crippen molar-refractivity contribution in [3.8, 4) is 0 Å². The first-order valence-electron chi connectivity index (χ1n) is 6.19. The van der Waals surface area contributed by atoms with Gasteiger partial charge >= 0.3 is 0 Å². The van der Waals surface area contributed by atoms with Gasteiger partial charge < -0.3 is 10.2 Å². The quantitative estimate of drug-likeness (QED) is 0.756. The van der Waals surface area contributed by atoms with E-state index >= 15 is 0 Å². The molecule has 5 heteroatoms. The van der Waals surface area contributed by atoms with Gasteiger partial charge in [0.2, 0.25) is 0 Å². The second kappa shape index (κ2) is 5.56. The molecule has 20 heavy (non-hydrogen) atoms. The number of oxazole rings is 1. The maximum Gasteiger partial charge on any atom is 0.197 e. The van der Waals surface area contributed by atoms with E-state index in [-0.39, 0.29) is 6.04 Å². The normalized spacial score (nSPS) is 12.8. The Balaban J connectivity index is 1.88. The van der Waals surface area contributed by atoms with Crippen LogP contribution in [0.1, 0.15) is 17.5 Å². The molecule has 0 aliphatic carbocycles. The monoisotopic (exact) mass is 350 g/mol. The topological polar surface area (TPSA) is 52.0 Å². The molecule has 1 aromatic heterocycles. The van der Waals surface area contributed by atoms with Gasteiger partial charge in [0.05, 0.1) is 5.02 Å². The lowest BCUT2D eigenvalue weighted by Crippen LogP contribution is -2.14. The molecule has 0 saturated heterocycles. The van der Waals surface area contributed by atoms with E-state index in [0.29, 0.717) is 17.3 Å². The lowest BCUT2D eigenvalue weighted by atomic mass is 10.0. The molecule has 0 radical (unpaired) electrons. The minimum Gasteiger partial charge on any atom is -0.441 e. The summed E-state index contributed by atoms with van der Waals surface area (Å²) >= 11 is 9.66. The van der Waals surface area contributed by atoms with Crippen LogP contribution in [0.25, 0.3) is 11.1 Å². The number of nitrogens with zero attached hydrogens (tertiary/aromatic N) is 1. The van der Waals surface area contributed by atoms with Crippen LogP contribution in [0.2, 0.25) is 5.02 Å². The van der Waals surface area contributed by atoms with Crippen molar-refractivity contribution in [3.63, 3.8) is 0 Å². The molecule has 0 spiro atoms. The molecule has 1 heterocycles. The average Bonchev–Trinajstić information content (AvgIpc) is 2.83. The predicted molar refractivity (Wildman–Crippen MR) is 83.8 cm³/mol. The van der Waals surface area contributed by atoms with Crippen molar-refractivity contribution in [1.29, 1.82) is 0 Å². The molecule has 3 rings (SSSR count). The van der Waals surface area contributed by atoms with E-state index in [2.05, 4.69) is 20.9 Å². The molecule has 2 N–H and O–H groups in total. The molecule has 1 atom stereocenters. The van der Waals surface area contributed by atoms with E-state index in [1.165, 1.54) is 0 Å². The Labute approximate surface area is 129 Å². The van der Waals surface area contributed by atoms with Crippen molar-refractivity contribution >= 4 is 38.6 Å². The number of halogens is 2. The van der Waals surface area contributed by atoms with Gasteiger partial charge in [0.15, 0.2) is 11.5 Å². The highest BCUT2D eigenvalue weighted by molar-refractivity contribution is 9.10. The highest BCUT2D eigenvalue weighted by Crippen LogP contribution is 2.31. The third-order valence-electron chi connectivity index (χ3n) is 3.11.